The van der Waals surface area contributed by atoms with E-state index >= 15 is 0 Å². The maximum Gasteiger partial charge on any atom is 0.416 e. The number of alkyl halides is 3. The number of halogens is 4. The molecule has 0 saturated heterocycles. The van der Waals surface area contributed by atoms with Crippen LogP contribution >= 0.6 is 0 Å². The minimum atomic E-state index is -4.60. The van der Waals surface area contributed by atoms with E-state index in [1.807, 2.05) is 24.3 Å². The Morgan fingerprint density at radius 2 is 1.67 bits per heavy atom. The molecule has 9 heteroatoms. The number of aryl methyl sites for hydroxylation is 2. The lowest BCUT2D eigenvalue weighted by Gasteiger charge is -2.07. The summed E-state index contributed by atoms with van der Waals surface area (Å²) >= 11 is 0. The number of benzene rings is 2. The first-order valence-corrected chi connectivity index (χ1v) is 11.3. The Bertz CT molecular complexity index is 1290. The summed E-state index contributed by atoms with van der Waals surface area (Å²) in [6.45, 7) is 0.169. The Morgan fingerprint density at radius 3 is 2.39 bits per heavy atom. The van der Waals surface area contributed by atoms with Crippen molar-refractivity contribution < 1.29 is 26.7 Å². The first kappa shape index (κ1) is 25.1. The van der Waals surface area contributed by atoms with Gasteiger partial charge in [-0.05, 0) is 61.2 Å². The van der Waals surface area contributed by atoms with Crippen molar-refractivity contribution in [3.63, 3.8) is 0 Å². The molecule has 0 aliphatic carbocycles. The van der Waals surface area contributed by atoms with E-state index in [-0.39, 0.29) is 18.1 Å². The number of rotatable bonds is 10. The van der Waals surface area contributed by atoms with Crippen molar-refractivity contribution in [2.45, 2.75) is 38.5 Å². The van der Waals surface area contributed by atoms with Gasteiger partial charge in [-0.2, -0.15) is 13.2 Å². The summed E-state index contributed by atoms with van der Waals surface area (Å²) in [4.78, 5) is 12.7. The molecule has 0 aliphatic heterocycles. The number of aromatic nitrogens is 3. The van der Waals surface area contributed by atoms with Gasteiger partial charge in [0.1, 0.15) is 36.0 Å². The van der Waals surface area contributed by atoms with Crippen LogP contribution in [0.5, 0.6) is 5.75 Å². The van der Waals surface area contributed by atoms with Gasteiger partial charge in [-0.3, -0.25) is 0 Å². The van der Waals surface area contributed by atoms with Gasteiger partial charge >= 0.3 is 6.18 Å². The summed E-state index contributed by atoms with van der Waals surface area (Å²) in [6.07, 6.45) is 6.85. The lowest BCUT2D eigenvalue weighted by atomic mass is 10.1. The summed E-state index contributed by atoms with van der Waals surface area (Å²) in [5, 5.41) is 0. The topological polar surface area (TPSA) is 61.0 Å². The molecule has 4 aromatic rings. The Labute approximate surface area is 205 Å². The van der Waals surface area contributed by atoms with Crippen molar-refractivity contribution >= 4 is 12.2 Å². The molecule has 186 valence electrons. The number of nitrogens with zero attached hydrogens (tertiary/aromatic N) is 3. The predicted molar refractivity (Wildman–Crippen MR) is 126 cm³/mol. The molecule has 0 fully saturated rings. The first-order chi connectivity index (χ1) is 17.4. The van der Waals surface area contributed by atoms with Gasteiger partial charge in [-0.1, -0.05) is 18.2 Å². The monoisotopic (exact) mass is 497 g/mol. The van der Waals surface area contributed by atoms with Crippen molar-refractivity contribution in [3.8, 4) is 5.75 Å². The van der Waals surface area contributed by atoms with Gasteiger partial charge in [0.2, 0.25) is 5.89 Å². The minimum absolute atomic E-state index is 0.00695. The predicted octanol–water partition coefficient (Wildman–Crippen LogP) is 6.94. The second kappa shape index (κ2) is 11.6. The normalized spacial score (nSPS) is 11.8. The van der Waals surface area contributed by atoms with E-state index in [4.69, 9.17) is 9.15 Å². The largest absolute Gasteiger partial charge is 0.487 e. The van der Waals surface area contributed by atoms with E-state index in [9.17, 15) is 17.6 Å². The molecule has 5 nitrogen and oxygen atoms in total. The van der Waals surface area contributed by atoms with Crippen LogP contribution in [0.2, 0.25) is 0 Å². The van der Waals surface area contributed by atoms with Gasteiger partial charge in [0.25, 0.3) is 0 Å². The highest BCUT2D eigenvalue weighted by molar-refractivity contribution is 5.66. The summed E-state index contributed by atoms with van der Waals surface area (Å²) in [6, 6.07) is 12.0. The number of oxazole rings is 1. The van der Waals surface area contributed by atoms with Crippen molar-refractivity contribution in [2.75, 3.05) is 0 Å². The highest BCUT2D eigenvalue weighted by atomic mass is 19.4. The van der Waals surface area contributed by atoms with Gasteiger partial charge in [0.05, 0.1) is 5.56 Å². The Balaban J connectivity index is 1.23. The van der Waals surface area contributed by atoms with Crippen LogP contribution in [-0.2, 0) is 25.6 Å². The second-order valence-corrected chi connectivity index (χ2v) is 8.05. The molecule has 4 rings (SSSR count). The summed E-state index contributed by atoms with van der Waals surface area (Å²) in [7, 11) is 0. The summed E-state index contributed by atoms with van der Waals surface area (Å²) in [5.74, 6) is 0.747. The van der Waals surface area contributed by atoms with Crippen LogP contribution in [0.4, 0.5) is 17.6 Å². The molecule has 2 aromatic heterocycles. The number of ether oxygens (including phenoxy) is 1. The van der Waals surface area contributed by atoms with E-state index in [0.29, 0.717) is 17.5 Å². The lowest BCUT2D eigenvalue weighted by molar-refractivity contribution is -0.137. The molecule has 0 amide bonds. The molecule has 2 aromatic carbocycles. The van der Waals surface area contributed by atoms with Crippen LogP contribution in [-0.4, -0.2) is 15.0 Å². The zero-order valence-corrected chi connectivity index (χ0v) is 19.2. The van der Waals surface area contributed by atoms with Crippen LogP contribution in [0.1, 0.15) is 46.9 Å². The van der Waals surface area contributed by atoms with Crippen LogP contribution < -0.4 is 4.74 Å². The third-order valence-corrected chi connectivity index (χ3v) is 5.35. The molecule has 0 N–H and O–H groups in total. The van der Waals surface area contributed by atoms with E-state index in [2.05, 4.69) is 15.0 Å². The van der Waals surface area contributed by atoms with E-state index in [0.717, 1.165) is 43.6 Å². The van der Waals surface area contributed by atoms with Crippen LogP contribution in [0.25, 0.3) is 12.2 Å². The zero-order valence-electron chi connectivity index (χ0n) is 19.2. The maximum absolute atomic E-state index is 14.0. The van der Waals surface area contributed by atoms with Crippen molar-refractivity contribution in [1.29, 1.82) is 0 Å². The van der Waals surface area contributed by atoms with Gasteiger partial charge < -0.3 is 9.15 Å². The molecule has 36 heavy (non-hydrogen) atoms. The van der Waals surface area contributed by atoms with Crippen LogP contribution in [0.15, 0.2) is 71.6 Å². The molecule has 0 radical (unpaired) electrons. The van der Waals surface area contributed by atoms with Crippen molar-refractivity contribution in [1.82, 2.24) is 15.0 Å². The quantitative estimate of drug-likeness (QED) is 0.176. The minimum Gasteiger partial charge on any atom is -0.487 e. The standard InChI is InChI=1S/C27H23F4N3O2/c28-24-16-21(27(29,30)31)10-8-20(24)9-13-26-34-22(18-36-26)17-35-23-11-6-19(7-12-23)4-1-2-5-25-32-14-3-15-33-25/h3,6-16,18H,1-2,4-5,17H2/b13-9+. The van der Waals surface area contributed by atoms with E-state index in [1.54, 1.807) is 18.5 Å². The number of hydrogen-bond donors (Lipinski definition) is 0. The fourth-order valence-corrected chi connectivity index (χ4v) is 3.45. The molecule has 2 heterocycles. The number of hydrogen-bond acceptors (Lipinski definition) is 5. The van der Waals surface area contributed by atoms with Gasteiger partial charge in [-0.15, -0.1) is 0 Å². The van der Waals surface area contributed by atoms with E-state index in [1.165, 1.54) is 24.0 Å². The first-order valence-electron chi connectivity index (χ1n) is 11.3. The second-order valence-electron chi connectivity index (χ2n) is 8.05. The molecule has 0 bridgehead atoms. The molecule has 0 unspecified atom stereocenters. The van der Waals surface area contributed by atoms with Gasteiger partial charge in [0, 0.05) is 30.5 Å². The fourth-order valence-electron chi connectivity index (χ4n) is 3.45. The Morgan fingerprint density at radius 1 is 0.917 bits per heavy atom. The lowest BCUT2D eigenvalue weighted by Crippen LogP contribution is -2.05. The fraction of sp³-hybridized carbons (Fsp3) is 0.222. The molecule has 0 saturated carbocycles. The highest BCUT2D eigenvalue weighted by Gasteiger charge is 2.30. The molecule has 0 spiro atoms. The molecule has 0 aliphatic rings. The van der Waals surface area contributed by atoms with Gasteiger partial charge in [-0.25, -0.2) is 19.3 Å². The smallest absolute Gasteiger partial charge is 0.416 e. The molecule has 0 atom stereocenters. The molecular formula is C27H23F4N3O2. The average Bonchev–Trinajstić information content (AvgIpc) is 3.33. The summed E-state index contributed by atoms with van der Waals surface area (Å²) < 4.78 is 63.0. The number of unbranched alkanes of at least 4 members (excludes halogenated alkanes) is 1. The van der Waals surface area contributed by atoms with Crippen LogP contribution in [0.3, 0.4) is 0 Å². The van der Waals surface area contributed by atoms with Crippen molar-refractivity contribution in [3.05, 3.63) is 107 Å². The third-order valence-electron chi connectivity index (χ3n) is 5.35. The summed E-state index contributed by atoms with van der Waals surface area (Å²) in [5.41, 5.74) is 0.682. The molecular weight excluding hydrogens is 474 g/mol. The zero-order chi connectivity index (χ0) is 25.4. The third kappa shape index (κ3) is 7.24. The Hall–Kier alpha value is -4.01. The highest BCUT2D eigenvalue weighted by Crippen LogP contribution is 2.30. The van der Waals surface area contributed by atoms with Gasteiger partial charge in [0.15, 0.2) is 0 Å². The van der Waals surface area contributed by atoms with Crippen molar-refractivity contribution in [2.24, 2.45) is 0 Å². The maximum atomic E-state index is 14.0. The van der Waals surface area contributed by atoms with E-state index < -0.39 is 17.6 Å². The SMILES string of the molecule is Fc1cc(C(F)(F)F)ccc1/C=C/c1nc(COc2ccc(CCCCc3ncccn3)cc2)co1. The average molecular weight is 497 g/mol. The Kier molecular flexibility index (Phi) is 8.10. The van der Waals surface area contributed by atoms with Crippen LogP contribution in [0, 0.1) is 5.82 Å².